The maximum Gasteiger partial charge on any atom is 0.0545 e. The van der Waals surface area contributed by atoms with Crippen molar-refractivity contribution in [3.63, 3.8) is 0 Å². The van der Waals surface area contributed by atoms with Gasteiger partial charge in [-0.05, 0) is 232 Å². The van der Waals surface area contributed by atoms with Crippen LogP contribution >= 0.6 is 0 Å². The molecule has 0 radical (unpaired) electrons. The monoisotopic (exact) mass is 1230 g/mol. The summed E-state index contributed by atoms with van der Waals surface area (Å²) in [5.74, 6) is 0. The van der Waals surface area contributed by atoms with Gasteiger partial charge in [0.05, 0.1) is 11.0 Å². The molecule has 24 aromatic rings. The van der Waals surface area contributed by atoms with E-state index in [2.05, 4.69) is 313 Å². The Balaban J connectivity index is 0.772. The van der Waals surface area contributed by atoms with E-state index in [0.717, 1.165) is 11.0 Å². The molecule has 0 fully saturated rings. The lowest BCUT2D eigenvalue weighted by Crippen LogP contribution is -1.92. The summed E-state index contributed by atoms with van der Waals surface area (Å²) >= 11 is 0. The summed E-state index contributed by atoms with van der Waals surface area (Å²) in [6, 6.07) is 116. The van der Waals surface area contributed by atoms with Gasteiger partial charge in [-0.1, -0.05) is 267 Å². The van der Waals surface area contributed by atoms with Crippen molar-refractivity contribution in [3.05, 3.63) is 303 Å². The molecule has 2 heteroatoms. The number of nitrogens with one attached hydrogen (secondary N) is 2. The van der Waals surface area contributed by atoms with Crippen molar-refractivity contribution < 1.29 is 0 Å². The van der Waals surface area contributed by atoms with Gasteiger partial charge in [0.1, 0.15) is 0 Å². The molecule has 0 atom stereocenters. The highest BCUT2D eigenvalue weighted by atomic mass is 14.7. The molecule has 446 valence electrons. The molecule has 0 spiro atoms. The molecule has 98 heavy (non-hydrogen) atoms. The molecule has 0 bridgehead atoms. The van der Waals surface area contributed by atoms with Crippen molar-refractivity contribution in [1.82, 2.24) is 9.97 Å². The minimum absolute atomic E-state index is 1.16. The van der Waals surface area contributed by atoms with Gasteiger partial charge in [0.25, 0.3) is 0 Å². The number of hydrogen-bond acceptors (Lipinski definition) is 0. The number of hydrogen-bond donors (Lipinski definition) is 2. The molecule has 0 aliphatic carbocycles. The zero-order chi connectivity index (χ0) is 63.3. The first-order chi connectivity index (χ1) is 48.7. The predicted octanol–water partition coefficient (Wildman–Crippen LogP) is 27.2. The molecule has 0 unspecified atom stereocenters. The quantitative estimate of drug-likeness (QED) is 0.161. The zero-order valence-corrected chi connectivity index (χ0v) is 52.9. The third-order valence-corrected chi connectivity index (χ3v) is 23.0. The highest BCUT2D eigenvalue weighted by Crippen LogP contribution is 2.59. The van der Waals surface area contributed by atoms with E-state index in [1.807, 2.05) is 0 Å². The predicted molar refractivity (Wildman–Crippen MR) is 422 cm³/mol. The van der Waals surface area contributed by atoms with Crippen molar-refractivity contribution in [2.75, 3.05) is 0 Å². The van der Waals surface area contributed by atoms with Crippen LogP contribution in [0, 0.1) is 0 Å². The Kier molecular flexibility index (Phi) is 9.74. The summed E-state index contributed by atoms with van der Waals surface area (Å²) in [6.07, 6.45) is 0. The molecule has 0 saturated carbocycles. The number of aromatic nitrogens is 2. The Hall–Kier alpha value is -12.9. The number of H-pyrrole nitrogens is 2. The van der Waals surface area contributed by atoms with E-state index in [0.29, 0.717) is 0 Å². The molecule has 0 saturated heterocycles. The third kappa shape index (κ3) is 6.44. The summed E-state index contributed by atoms with van der Waals surface area (Å²) in [7, 11) is 0. The van der Waals surface area contributed by atoms with Gasteiger partial charge < -0.3 is 9.97 Å². The molecule has 0 aliphatic rings. The summed E-state index contributed by atoms with van der Waals surface area (Å²) in [5, 5.41) is 41.2. The number of rotatable bonds is 5. The van der Waals surface area contributed by atoms with E-state index < -0.39 is 0 Å². The number of benzene rings is 18. The van der Waals surface area contributed by atoms with Crippen LogP contribution < -0.4 is 0 Å². The lowest BCUT2D eigenvalue weighted by molar-refractivity contribution is 1.57. The fraction of sp³-hybridized carbons (Fsp3) is 0. The van der Waals surface area contributed by atoms with Crippen LogP contribution in [0.1, 0.15) is 0 Å². The van der Waals surface area contributed by atoms with Crippen LogP contribution in [0.3, 0.4) is 0 Å². The van der Waals surface area contributed by atoms with Crippen LogP contribution in [-0.4, -0.2) is 9.97 Å². The Morgan fingerprint density at radius 2 is 0.408 bits per heavy atom. The van der Waals surface area contributed by atoms with Crippen molar-refractivity contribution in [2.45, 2.75) is 0 Å². The summed E-state index contributed by atoms with van der Waals surface area (Å²) in [6.45, 7) is 0. The first-order valence-electron chi connectivity index (χ1n) is 34.3. The number of fused-ring (bicyclic) bond motifs is 24. The second-order valence-electron chi connectivity index (χ2n) is 27.6. The summed E-state index contributed by atoms with van der Waals surface area (Å²) in [5.41, 5.74) is 17.0. The topological polar surface area (TPSA) is 31.6 Å². The van der Waals surface area contributed by atoms with Crippen molar-refractivity contribution in [1.29, 1.82) is 0 Å². The summed E-state index contributed by atoms with van der Waals surface area (Å²) < 4.78 is 0. The molecule has 0 amide bonds. The lowest BCUT2D eigenvalue weighted by atomic mass is 9.83. The van der Waals surface area contributed by atoms with Gasteiger partial charge in [0.2, 0.25) is 0 Å². The smallest absolute Gasteiger partial charge is 0.0545 e. The Bertz CT molecular complexity index is 7600. The maximum atomic E-state index is 3.90. The number of para-hydroxylation sites is 2. The first-order valence-corrected chi connectivity index (χ1v) is 34.3. The Labute approximate surface area is 559 Å². The second kappa shape index (κ2) is 18.5. The van der Waals surface area contributed by atoms with Crippen LogP contribution in [0.4, 0.5) is 0 Å². The SMILES string of the molecule is c1ccc(-c2c3cc4c5ccccc5c5cccc(c3c(-c3ccc(-c6ccc(-c7c8cc9c%10ccccc%10c%10cccc(c8c(-c8ccccc8)c8c%11cc%12c%13ccccc%13[nH]c%12c%12cccc(c78)c%12%11)c%109)cc6)cc3)c3c6cccc7c8[nH]c9ccccc9c8cc(c23)c76)c54)cc1. The van der Waals surface area contributed by atoms with Gasteiger partial charge in [-0.25, -0.2) is 0 Å². The van der Waals surface area contributed by atoms with E-state index in [1.165, 1.54) is 239 Å². The highest BCUT2D eigenvalue weighted by Gasteiger charge is 2.31. The van der Waals surface area contributed by atoms with Gasteiger partial charge in [-0.3, -0.25) is 0 Å². The standard InChI is InChI=1S/C96H52N2/c1-3-19-53(20-4-1)81-75-47-71-59-25-9-7-23-57(59)64-30-16-32-66(86(64)71)90(75)84(92-68-34-18-36-70-88(68)77(93(81)92)49-73-61-27-11-13-37-79(61)98-96(70)73)56-45-41-52(42-46-56)51-39-43-55(44-40-51)82-76-48-72-60-26-10-8-24-58(60)63-29-15-31-65(85(63)72)89(76)83(54-21-5-2-6-22-54)94-78-50-74-62-28-12-14-38-80(62)97-95(74)69-35-17-33-67(87(69)78)91(82)94/h1-50,97-98H. The fourth-order valence-electron chi connectivity index (χ4n) is 19.2. The third-order valence-electron chi connectivity index (χ3n) is 23.0. The van der Waals surface area contributed by atoms with Gasteiger partial charge in [-0.2, -0.15) is 0 Å². The molecule has 24 rings (SSSR count). The highest BCUT2D eigenvalue weighted by molar-refractivity contribution is 6.49. The lowest BCUT2D eigenvalue weighted by Gasteiger charge is -2.19. The fourth-order valence-corrected chi connectivity index (χ4v) is 19.2. The second-order valence-corrected chi connectivity index (χ2v) is 27.6. The largest absolute Gasteiger partial charge is 0.354 e. The van der Waals surface area contributed by atoms with Crippen LogP contribution in [0.5, 0.6) is 0 Å². The first kappa shape index (κ1) is 51.5. The Morgan fingerprint density at radius 3 is 0.857 bits per heavy atom. The van der Waals surface area contributed by atoms with Crippen molar-refractivity contribution in [3.8, 4) is 55.6 Å². The van der Waals surface area contributed by atoms with Crippen LogP contribution in [-0.2, 0) is 0 Å². The number of aromatic amines is 2. The molecule has 2 nitrogen and oxygen atoms in total. The average molecular weight is 1230 g/mol. The molecule has 2 heterocycles. The normalized spacial score (nSPS) is 12.7. The Morgan fingerprint density at radius 1 is 0.133 bits per heavy atom. The molecular weight excluding hydrogens is 1180 g/mol. The molecule has 2 aromatic heterocycles. The van der Waals surface area contributed by atoms with E-state index >= 15 is 0 Å². The van der Waals surface area contributed by atoms with Crippen LogP contribution in [0.15, 0.2) is 303 Å². The van der Waals surface area contributed by atoms with Crippen molar-refractivity contribution >= 4 is 194 Å². The van der Waals surface area contributed by atoms with Gasteiger partial charge in [-0.15, -0.1) is 0 Å². The van der Waals surface area contributed by atoms with Gasteiger partial charge in [0, 0.05) is 43.4 Å². The summed E-state index contributed by atoms with van der Waals surface area (Å²) in [4.78, 5) is 7.81. The van der Waals surface area contributed by atoms with E-state index in [1.54, 1.807) is 0 Å². The van der Waals surface area contributed by atoms with E-state index in [-0.39, 0.29) is 0 Å². The molecule has 2 N–H and O–H groups in total. The van der Waals surface area contributed by atoms with Crippen LogP contribution in [0.25, 0.3) is 250 Å². The van der Waals surface area contributed by atoms with Gasteiger partial charge in [0.15, 0.2) is 0 Å². The average Bonchev–Trinajstić information content (AvgIpc) is 1.53. The van der Waals surface area contributed by atoms with E-state index in [9.17, 15) is 0 Å². The molecular formula is C96H52N2. The molecule has 0 aliphatic heterocycles. The van der Waals surface area contributed by atoms with Crippen molar-refractivity contribution in [2.24, 2.45) is 0 Å². The van der Waals surface area contributed by atoms with E-state index in [4.69, 9.17) is 0 Å². The maximum absolute atomic E-state index is 3.90. The minimum Gasteiger partial charge on any atom is -0.354 e. The van der Waals surface area contributed by atoms with Crippen LogP contribution in [0.2, 0.25) is 0 Å². The zero-order valence-electron chi connectivity index (χ0n) is 52.9. The minimum atomic E-state index is 1.16. The molecule has 22 aromatic carbocycles. The van der Waals surface area contributed by atoms with Gasteiger partial charge >= 0.3 is 0 Å².